The van der Waals surface area contributed by atoms with Gasteiger partial charge < -0.3 is 10.2 Å². The highest BCUT2D eigenvalue weighted by molar-refractivity contribution is 7.92. The van der Waals surface area contributed by atoms with Gasteiger partial charge in [0.15, 0.2) is 0 Å². The van der Waals surface area contributed by atoms with E-state index in [-0.39, 0.29) is 10.8 Å². The Hall–Kier alpha value is -2.84. The summed E-state index contributed by atoms with van der Waals surface area (Å²) in [5.41, 5.74) is 2.18. The van der Waals surface area contributed by atoms with Crippen LogP contribution in [-0.4, -0.2) is 51.3 Å². The van der Waals surface area contributed by atoms with Gasteiger partial charge in [-0.1, -0.05) is 29.8 Å². The minimum atomic E-state index is -3.88. The van der Waals surface area contributed by atoms with E-state index in [0.29, 0.717) is 27.4 Å². The molecule has 0 bridgehead atoms. The molecule has 0 saturated carbocycles. The van der Waals surface area contributed by atoms with Crippen LogP contribution in [0.4, 0.5) is 5.69 Å². The van der Waals surface area contributed by atoms with Crippen LogP contribution in [0.25, 0.3) is 6.08 Å². The second-order valence-electron chi connectivity index (χ2n) is 8.85. The quantitative estimate of drug-likeness (QED) is 0.554. The monoisotopic (exact) mass is 517 g/mol. The molecule has 1 aliphatic heterocycles. The van der Waals surface area contributed by atoms with Gasteiger partial charge in [0, 0.05) is 31.2 Å². The molecule has 0 spiro atoms. The molecule has 0 unspecified atom stereocenters. The number of halogens is 1. The summed E-state index contributed by atoms with van der Waals surface area (Å²) >= 11 is 6.15. The zero-order chi connectivity index (χ0) is 25.8. The summed E-state index contributed by atoms with van der Waals surface area (Å²) in [4.78, 5) is 27.0. The van der Waals surface area contributed by atoms with Crippen LogP contribution in [0, 0.1) is 13.8 Å². The van der Waals surface area contributed by atoms with Gasteiger partial charge in [-0.2, -0.15) is 0 Å². The standard InChI is InChI=1S/C26H32ClN3O4S/c1-18-17-24(19(2)16-22(18)27)35(33,34)29(4)23-11-7-6-10-21(23)12-13-25(31)28-20(3)26(32)30-14-8-5-9-15-30/h6-7,10-13,16-17,20H,5,8-9,14-15H2,1-4H3,(H,28,31)/b13-12+/t20-/m0/s1. The number of hydrogen-bond donors (Lipinski definition) is 1. The van der Waals surface area contributed by atoms with Crippen LogP contribution < -0.4 is 9.62 Å². The Morgan fingerprint density at radius 1 is 1.09 bits per heavy atom. The molecule has 1 N–H and O–H groups in total. The lowest BCUT2D eigenvalue weighted by Crippen LogP contribution is -2.48. The Bertz CT molecular complexity index is 1240. The van der Waals surface area contributed by atoms with Gasteiger partial charge in [0.25, 0.3) is 10.0 Å². The van der Waals surface area contributed by atoms with Crippen molar-refractivity contribution >= 4 is 45.2 Å². The molecule has 1 fully saturated rings. The maximum atomic E-state index is 13.4. The lowest BCUT2D eigenvalue weighted by atomic mass is 10.1. The molecule has 188 valence electrons. The number of para-hydroxylation sites is 1. The summed E-state index contributed by atoms with van der Waals surface area (Å²) in [7, 11) is -2.40. The minimum Gasteiger partial charge on any atom is -0.341 e. The van der Waals surface area contributed by atoms with Crippen molar-refractivity contribution in [1.82, 2.24) is 10.2 Å². The number of nitrogens with one attached hydrogen (secondary N) is 1. The fourth-order valence-electron chi connectivity index (χ4n) is 4.10. The molecule has 0 aliphatic carbocycles. The first kappa shape index (κ1) is 26.8. The second-order valence-corrected chi connectivity index (χ2v) is 11.2. The predicted octanol–water partition coefficient (Wildman–Crippen LogP) is 4.31. The van der Waals surface area contributed by atoms with Gasteiger partial charge in [-0.3, -0.25) is 13.9 Å². The van der Waals surface area contributed by atoms with E-state index in [9.17, 15) is 18.0 Å². The molecule has 0 radical (unpaired) electrons. The Kier molecular flexibility index (Phi) is 8.61. The lowest BCUT2D eigenvalue weighted by molar-refractivity contribution is -0.135. The molecule has 7 nitrogen and oxygen atoms in total. The van der Waals surface area contributed by atoms with Crippen molar-refractivity contribution in [3.05, 3.63) is 64.2 Å². The highest BCUT2D eigenvalue weighted by atomic mass is 35.5. The van der Waals surface area contributed by atoms with Gasteiger partial charge in [-0.25, -0.2) is 8.42 Å². The summed E-state index contributed by atoms with van der Waals surface area (Å²) in [6.07, 6.45) is 5.95. The Morgan fingerprint density at radius 2 is 1.74 bits per heavy atom. The molecule has 9 heteroatoms. The highest BCUT2D eigenvalue weighted by Crippen LogP contribution is 2.30. The molecule has 2 aromatic carbocycles. The summed E-state index contributed by atoms with van der Waals surface area (Å²) < 4.78 is 28.0. The SMILES string of the molecule is Cc1cc(S(=O)(=O)N(C)c2ccccc2/C=C/C(=O)N[C@@H](C)C(=O)N2CCCCC2)c(C)cc1Cl. The average Bonchev–Trinajstić information content (AvgIpc) is 2.84. The number of sulfonamides is 1. The molecule has 0 aromatic heterocycles. The van der Waals surface area contributed by atoms with Crippen LogP contribution in [0.15, 0.2) is 47.4 Å². The smallest absolute Gasteiger partial charge is 0.264 e. The van der Waals surface area contributed by atoms with Crippen molar-refractivity contribution in [1.29, 1.82) is 0 Å². The van der Waals surface area contributed by atoms with Gasteiger partial charge in [0.05, 0.1) is 10.6 Å². The number of aryl methyl sites for hydroxylation is 2. The van der Waals surface area contributed by atoms with E-state index in [4.69, 9.17) is 11.6 Å². The molecule has 35 heavy (non-hydrogen) atoms. The van der Waals surface area contributed by atoms with Gasteiger partial charge in [0.2, 0.25) is 11.8 Å². The van der Waals surface area contributed by atoms with Crippen molar-refractivity contribution in [2.75, 3.05) is 24.4 Å². The number of carbonyl (C=O) groups excluding carboxylic acids is 2. The zero-order valence-corrected chi connectivity index (χ0v) is 22.1. The Morgan fingerprint density at radius 3 is 2.43 bits per heavy atom. The third-order valence-corrected chi connectivity index (χ3v) is 8.50. The Labute approximate surface area is 212 Å². The van der Waals surface area contributed by atoms with E-state index in [1.165, 1.54) is 17.4 Å². The topological polar surface area (TPSA) is 86.8 Å². The number of likely N-dealkylation sites (tertiary alicyclic amines) is 1. The first-order chi connectivity index (χ1) is 16.5. The molecule has 1 atom stereocenters. The predicted molar refractivity (Wildman–Crippen MR) is 140 cm³/mol. The Balaban J connectivity index is 1.78. The first-order valence-corrected chi connectivity index (χ1v) is 13.5. The zero-order valence-electron chi connectivity index (χ0n) is 20.5. The van der Waals surface area contributed by atoms with E-state index >= 15 is 0 Å². The summed E-state index contributed by atoms with van der Waals surface area (Å²) in [5, 5.41) is 3.22. The molecule has 1 heterocycles. The van der Waals surface area contributed by atoms with Crippen LogP contribution in [0.1, 0.15) is 42.9 Å². The fourth-order valence-corrected chi connectivity index (χ4v) is 5.83. The average molecular weight is 518 g/mol. The van der Waals surface area contributed by atoms with E-state index < -0.39 is 22.0 Å². The number of nitrogens with zero attached hydrogens (tertiary/aromatic N) is 2. The van der Waals surface area contributed by atoms with Crippen LogP contribution in [0.5, 0.6) is 0 Å². The van der Waals surface area contributed by atoms with Crippen molar-refractivity contribution in [3.8, 4) is 0 Å². The van der Waals surface area contributed by atoms with Crippen LogP contribution in [-0.2, 0) is 19.6 Å². The molecular formula is C26H32ClN3O4S. The van der Waals surface area contributed by atoms with Gasteiger partial charge >= 0.3 is 0 Å². The number of hydrogen-bond acceptors (Lipinski definition) is 4. The number of carbonyl (C=O) groups is 2. The molecule has 1 aliphatic rings. The van der Waals surface area contributed by atoms with E-state index in [2.05, 4.69) is 5.32 Å². The van der Waals surface area contributed by atoms with Crippen molar-refractivity contribution < 1.29 is 18.0 Å². The summed E-state index contributed by atoms with van der Waals surface area (Å²) in [6.45, 7) is 6.57. The van der Waals surface area contributed by atoms with Gasteiger partial charge in [0.1, 0.15) is 6.04 Å². The normalized spacial score (nSPS) is 15.2. The van der Waals surface area contributed by atoms with Crippen LogP contribution in [0.2, 0.25) is 5.02 Å². The van der Waals surface area contributed by atoms with Gasteiger partial charge in [-0.05, 0) is 81.0 Å². The third kappa shape index (κ3) is 6.24. The largest absolute Gasteiger partial charge is 0.341 e. The van der Waals surface area contributed by atoms with E-state index in [0.717, 1.165) is 32.4 Å². The second kappa shape index (κ2) is 11.3. The molecule has 2 aromatic rings. The summed E-state index contributed by atoms with van der Waals surface area (Å²) in [6, 6.07) is 9.47. The van der Waals surface area contributed by atoms with Crippen molar-refractivity contribution in [3.63, 3.8) is 0 Å². The first-order valence-electron chi connectivity index (χ1n) is 11.6. The number of amides is 2. The van der Waals surface area contributed by atoms with Crippen LogP contribution in [0.3, 0.4) is 0 Å². The van der Waals surface area contributed by atoms with Crippen molar-refractivity contribution in [2.45, 2.75) is 51.0 Å². The number of rotatable bonds is 7. The molecule has 3 rings (SSSR count). The number of benzene rings is 2. The maximum Gasteiger partial charge on any atom is 0.264 e. The van der Waals surface area contributed by atoms with Gasteiger partial charge in [-0.15, -0.1) is 0 Å². The van der Waals surface area contributed by atoms with E-state index in [1.54, 1.807) is 68.1 Å². The number of anilines is 1. The highest BCUT2D eigenvalue weighted by Gasteiger charge is 2.26. The fraction of sp³-hybridized carbons (Fsp3) is 0.385. The summed E-state index contributed by atoms with van der Waals surface area (Å²) in [5.74, 6) is -0.515. The molecule has 2 amide bonds. The molecular weight excluding hydrogens is 486 g/mol. The number of piperidine rings is 1. The maximum absolute atomic E-state index is 13.4. The van der Waals surface area contributed by atoms with Crippen molar-refractivity contribution in [2.24, 2.45) is 0 Å². The molecule has 1 saturated heterocycles. The lowest BCUT2D eigenvalue weighted by Gasteiger charge is -2.29. The van der Waals surface area contributed by atoms with E-state index in [1.807, 2.05) is 0 Å². The minimum absolute atomic E-state index is 0.0914. The third-order valence-electron chi connectivity index (χ3n) is 6.18. The van der Waals surface area contributed by atoms with Crippen LogP contribution >= 0.6 is 11.6 Å².